The van der Waals surface area contributed by atoms with Gasteiger partial charge in [-0.25, -0.2) is 4.98 Å². The van der Waals surface area contributed by atoms with Crippen molar-refractivity contribution in [3.8, 4) is 22.3 Å². The molecule has 0 unspecified atom stereocenters. The number of hydrogen-bond acceptors (Lipinski definition) is 5. The minimum absolute atomic E-state index is 0.0721. The maximum atomic E-state index is 11.6. The van der Waals surface area contributed by atoms with Crippen LogP contribution in [0.15, 0.2) is 78.9 Å². The molecule has 6 nitrogen and oxygen atoms in total. The number of non-ortho nitro benzene ring substituents is 1. The highest BCUT2D eigenvalue weighted by atomic mass is 16.6. The summed E-state index contributed by atoms with van der Waals surface area (Å²) in [4.78, 5) is 21.0. The van der Waals surface area contributed by atoms with Crippen LogP contribution in [0, 0.1) is 10.1 Å². The molecule has 0 spiro atoms. The Kier molecular flexibility index (Phi) is 5.29. The molecule has 1 saturated heterocycles. The Morgan fingerprint density at radius 2 is 1.41 bits per heavy atom. The first-order chi connectivity index (χ1) is 15.6. The quantitative estimate of drug-likeness (QED) is 0.332. The average molecular weight is 425 g/mol. The summed E-state index contributed by atoms with van der Waals surface area (Å²) < 4.78 is 0. The molecule has 32 heavy (non-hydrogen) atoms. The summed E-state index contributed by atoms with van der Waals surface area (Å²) in [6.07, 6.45) is 0. The van der Waals surface area contributed by atoms with Gasteiger partial charge in [0.15, 0.2) is 0 Å². The number of pyridine rings is 1. The number of benzene rings is 3. The minimum Gasteiger partial charge on any atom is -0.353 e. The summed E-state index contributed by atoms with van der Waals surface area (Å²) in [5.74, 6) is 0.935. The summed E-state index contributed by atoms with van der Waals surface area (Å²) in [6.45, 7) is 3.70. The second kappa shape index (κ2) is 8.40. The number of nitro benzene ring substituents is 1. The van der Waals surface area contributed by atoms with Gasteiger partial charge in [0.05, 0.1) is 10.4 Å². The fourth-order valence-electron chi connectivity index (χ4n) is 4.38. The molecule has 4 aromatic rings. The van der Waals surface area contributed by atoms with Crippen molar-refractivity contribution >= 4 is 22.4 Å². The second-order valence-electron chi connectivity index (χ2n) is 8.17. The highest BCUT2D eigenvalue weighted by Gasteiger charge is 2.25. The van der Waals surface area contributed by atoms with Crippen LogP contribution in [0.1, 0.15) is 0 Å². The molecular weight excluding hydrogens is 400 g/mol. The SMILES string of the molecule is CN1CCN(c2nc3ccc([N+](=O)[O-])cc3c(-c3ccccc3)c2-c2ccccc2)CC1. The van der Waals surface area contributed by atoms with Crippen molar-refractivity contribution in [2.45, 2.75) is 0 Å². The predicted octanol–water partition coefficient (Wildman–Crippen LogP) is 5.23. The molecule has 0 bridgehead atoms. The maximum Gasteiger partial charge on any atom is 0.270 e. The molecule has 1 aliphatic heterocycles. The van der Waals surface area contributed by atoms with E-state index < -0.39 is 0 Å². The third-order valence-electron chi connectivity index (χ3n) is 6.09. The van der Waals surface area contributed by atoms with Gasteiger partial charge in [-0.1, -0.05) is 60.7 Å². The molecule has 1 fully saturated rings. The second-order valence-corrected chi connectivity index (χ2v) is 8.17. The van der Waals surface area contributed by atoms with Crippen molar-refractivity contribution in [3.05, 3.63) is 89.0 Å². The van der Waals surface area contributed by atoms with E-state index in [0.717, 1.165) is 65.2 Å². The zero-order valence-corrected chi connectivity index (χ0v) is 17.9. The molecule has 5 rings (SSSR count). The van der Waals surface area contributed by atoms with E-state index in [0.29, 0.717) is 0 Å². The number of nitrogens with zero attached hydrogens (tertiary/aromatic N) is 4. The molecule has 0 radical (unpaired) electrons. The van der Waals surface area contributed by atoms with Crippen LogP contribution in [-0.2, 0) is 0 Å². The molecule has 1 aromatic heterocycles. The van der Waals surface area contributed by atoms with E-state index in [-0.39, 0.29) is 10.6 Å². The molecule has 0 atom stereocenters. The van der Waals surface area contributed by atoms with Gasteiger partial charge in [-0.15, -0.1) is 0 Å². The number of piperazine rings is 1. The van der Waals surface area contributed by atoms with E-state index >= 15 is 0 Å². The van der Waals surface area contributed by atoms with Crippen LogP contribution in [0.2, 0.25) is 0 Å². The number of hydrogen-bond donors (Lipinski definition) is 0. The van der Waals surface area contributed by atoms with E-state index in [4.69, 9.17) is 4.98 Å². The predicted molar refractivity (Wildman–Crippen MR) is 129 cm³/mol. The first kappa shape index (κ1) is 20.2. The van der Waals surface area contributed by atoms with Crippen molar-refractivity contribution in [2.24, 2.45) is 0 Å². The first-order valence-corrected chi connectivity index (χ1v) is 10.8. The molecule has 3 aromatic carbocycles. The summed E-state index contributed by atoms with van der Waals surface area (Å²) in [7, 11) is 2.14. The molecular formula is C26H24N4O2. The fraction of sp³-hybridized carbons (Fsp3) is 0.192. The van der Waals surface area contributed by atoms with Crippen LogP contribution >= 0.6 is 0 Å². The topological polar surface area (TPSA) is 62.5 Å². The molecule has 6 heteroatoms. The summed E-state index contributed by atoms with van der Waals surface area (Å²) in [6, 6.07) is 25.3. The van der Waals surface area contributed by atoms with E-state index in [1.54, 1.807) is 18.2 Å². The smallest absolute Gasteiger partial charge is 0.270 e. The number of rotatable bonds is 4. The van der Waals surface area contributed by atoms with Crippen LogP contribution in [0.4, 0.5) is 11.5 Å². The van der Waals surface area contributed by atoms with Gasteiger partial charge in [0.25, 0.3) is 5.69 Å². The molecule has 0 amide bonds. The van der Waals surface area contributed by atoms with Crippen LogP contribution in [0.5, 0.6) is 0 Å². The zero-order valence-electron chi connectivity index (χ0n) is 17.9. The number of likely N-dealkylation sites (N-methyl/N-ethyl adjacent to an activating group) is 1. The Bertz CT molecular complexity index is 1270. The zero-order chi connectivity index (χ0) is 22.1. The van der Waals surface area contributed by atoms with Crippen molar-refractivity contribution in [1.29, 1.82) is 0 Å². The van der Waals surface area contributed by atoms with Crippen LogP contribution in [-0.4, -0.2) is 48.0 Å². The number of nitro groups is 1. The van der Waals surface area contributed by atoms with Crippen molar-refractivity contribution in [1.82, 2.24) is 9.88 Å². The monoisotopic (exact) mass is 424 g/mol. The normalized spacial score (nSPS) is 14.6. The van der Waals surface area contributed by atoms with Crippen LogP contribution < -0.4 is 4.90 Å². The molecule has 0 N–H and O–H groups in total. The summed E-state index contributed by atoms with van der Waals surface area (Å²) in [5.41, 5.74) is 4.93. The minimum atomic E-state index is -0.342. The highest BCUT2D eigenvalue weighted by Crippen LogP contribution is 2.43. The van der Waals surface area contributed by atoms with Gasteiger partial charge >= 0.3 is 0 Å². The molecule has 0 aliphatic carbocycles. The van der Waals surface area contributed by atoms with E-state index in [2.05, 4.69) is 41.1 Å². The number of anilines is 1. The Morgan fingerprint density at radius 3 is 2.00 bits per heavy atom. The molecule has 1 aliphatic rings. The molecule has 160 valence electrons. The third-order valence-corrected chi connectivity index (χ3v) is 6.09. The van der Waals surface area contributed by atoms with Crippen molar-refractivity contribution < 1.29 is 4.92 Å². The van der Waals surface area contributed by atoms with E-state index in [9.17, 15) is 10.1 Å². The van der Waals surface area contributed by atoms with E-state index in [1.807, 2.05) is 36.4 Å². The van der Waals surface area contributed by atoms with E-state index in [1.165, 1.54) is 0 Å². The van der Waals surface area contributed by atoms with Gasteiger partial charge in [-0.05, 0) is 24.2 Å². The van der Waals surface area contributed by atoms with Crippen LogP contribution in [0.25, 0.3) is 33.2 Å². The lowest BCUT2D eigenvalue weighted by atomic mass is 9.91. The largest absolute Gasteiger partial charge is 0.353 e. The van der Waals surface area contributed by atoms with Gasteiger partial charge in [0, 0.05) is 54.8 Å². The summed E-state index contributed by atoms with van der Waals surface area (Å²) in [5, 5.41) is 12.4. The van der Waals surface area contributed by atoms with Crippen LogP contribution in [0.3, 0.4) is 0 Å². The Hall–Kier alpha value is -3.77. The lowest BCUT2D eigenvalue weighted by Gasteiger charge is -2.35. The van der Waals surface area contributed by atoms with Gasteiger partial charge < -0.3 is 9.80 Å². The first-order valence-electron chi connectivity index (χ1n) is 10.8. The Labute approximate surface area is 186 Å². The lowest BCUT2D eigenvalue weighted by molar-refractivity contribution is -0.384. The Balaban J connectivity index is 1.87. The maximum absolute atomic E-state index is 11.6. The van der Waals surface area contributed by atoms with Gasteiger partial charge in [0.1, 0.15) is 5.82 Å². The fourth-order valence-corrected chi connectivity index (χ4v) is 4.38. The lowest BCUT2D eigenvalue weighted by Crippen LogP contribution is -2.45. The third kappa shape index (κ3) is 3.69. The van der Waals surface area contributed by atoms with Crippen molar-refractivity contribution in [2.75, 3.05) is 38.1 Å². The average Bonchev–Trinajstić information content (AvgIpc) is 2.84. The van der Waals surface area contributed by atoms with Gasteiger partial charge in [0.2, 0.25) is 0 Å². The van der Waals surface area contributed by atoms with Gasteiger partial charge in [-0.3, -0.25) is 10.1 Å². The molecule has 2 heterocycles. The standard InChI is InChI=1S/C26H24N4O2/c1-28-14-16-29(17-15-28)26-25(20-10-6-3-7-11-20)24(19-8-4-2-5-9-19)22-18-21(30(31)32)12-13-23(22)27-26/h2-13,18H,14-17H2,1H3. The molecule has 0 saturated carbocycles. The van der Waals surface area contributed by atoms with Crippen molar-refractivity contribution in [3.63, 3.8) is 0 Å². The number of aromatic nitrogens is 1. The summed E-state index contributed by atoms with van der Waals surface area (Å²) >= 11 is 0. The van der Waals surface area contributed by atoms with Gasteiger partial charge in [-0.2, -0.15) is 0 Å². The number of fused-ring (bicyclic) bond motifs is 1. The Morgan fingerprint density at radius 1 is 0.812 bits per heavy atom. The highest BCUT2D eigenvalue weighted by molar-refractivity contribution is 6.07.